The predicted molar refractivity (Wildman–Crippen MR) is 62.0 cm³/mol. The topological polar surface area (TPSA) is 30.0 Å². The fraction of sp³-hybridized carbons (Fsp3) is 0. The van der Waals surface area contributed by atoms with E-state index in [0.29, 0.717) is 20.6 Å². The molecule has 15 heavy (non-hydrogen) atoms. The molecule has 0 fully saturated rings. The summed E-state index contributed by atoms with van der Waals surface area (Å²) in [6, 6.07) is 4.91. The predicted octanol–water partition coefficient (Wildman–Crippen LogP) is 3.68. The van der Waals surface area contributed by atoms with E-state index >= 15 is 0 Å². The molecule has 0 atom stereocenters. The van der Waals surface area contributed by atoms with Gasteiger partial charge >= 0.3 is 0 Å². The van der Waals surface area contributed by atoms with Crippen molar-refractivity contribution in [3.8, 4) is 0 Å². The van der Waals surface area contributed by atoms with Crippen molar-refractivity contribution in [2.45, 2.75) is 0 Å². The van der Waals surface area contributed by atoms with Crippen LogP contribution >= 0.6 is 34.5 Å². The fourth-order valence-corrected chi connectivity index (χ4v) is 2.15. The zero-order valence-corrected chi connectivity index (χ0v) is 9.73. The molecule has 0 unspecified atom stereocenters. The molecule has 0 aliphatic carbocycles. The molecule has 76 valence electrons. The van der Waals surface area contributed by atoms with Crippen LogP contribution in [0.2, 0.25) is 9.49 Å². The molecular formula is C10H5Cl2NOS. The Kier molecular flexibility index (Phi) is 3.05. The van der Waals surface area contributed by atoms with Gasteiger partial charge in [0.2, 0.25) is 0 Å². The van der Waals surface area contributed by atoms with Crippen molar-refractivity contribution in [1.82, 2.24) is 4.98 Å². The molecule has 0 aliphatic heterocycles. The van der Waals surface area contributed by atoms with Crippen LogP contribution in [0, 0.1) is 0 Å². The van der Waals surface area contributed by atoms with Crippen LogP contribution in [0.3, 0.4) is 0 Å². The summed E-state index contributed by atoms with van der Waals surface area (Å²) in [5.41, 5.74) is 0.991. The number of rotatable bonds is 2. The number of hydrogen-bond donors (Lipinski definition) is 0. The lowest BCUT2D eigenvalue weighted by Gasteiger charge is -1.98. The van der Waals surface area contributed by atoms with Crippen LogP contribution in [0.5, 0.6) is 0 Å². The van der Waals surface area contributed by atoms with E-state index < -0.39 is 0 Å². The highest BCUT2D eigenvalue weighted by atomic mass is 35.5. The highest BCUT2D eigenvalue weighted by Gasteiger charge is 2.13. The van der Waals surface area contributed by atoms with Crippen LogP contribution in [0.4, 0.5) is 0 Å². The van der Waals surface area contributed by atoms with E-state index in [1.54, 1.807) is 23.6 Å². The summed E-state index contributed by atoms with van der Waals surface area (Å²) in [6.45, 7) is 0. The van der Waals surface area contributed by atoms with Gasteiger partial charge in [-0.1, -0.05) is 23.2 Å². The Bertz CT molecular complexity index is 492. The van der Waals surface area contributed by atoms with Crippen molar-refractivity contribution in [3.63, 3.8) is 0 Å². The van der Waals surface area contributed by atoms with E-state index in [1.807, 2.05) is 0 Å². The Labute approximate surface area is 100 Å². The molecule has 0 saturated heterocycles. The number of nitrogens with zero attached hydrogens (tertiary/aromatic N) is 1. The molecule has 2 heterocycles. The Morgan fingerprint density at radius 3 is 2.60 bits per heavy atom. The van der Waals surface area contributed by atoms with Crippen LogP contribution in [-0.2, 0) is 0 Å². The van der Waals surface area contributed by atoms with Gasteiger partial charge < -0.3 is 0 Å². The number of carbonyl (C=O) groups excluding carboxylic acids is 1. The molecule has 0 N–H and O–H groups in total. The Balaban J connectivity index is 2.37. The SMILES string of the molecule is O=C(c1ccc(Cl)nc1)c1ccsc1Cl. The van der Waals surface area contributed by atoms with Crippen molar-refractivity contribution in [2.75, 3.05) is 0 Å². The van der Waals surface area contributed by atoms with Crippen molar-refractivity contribution >= 4 is 40.3 Å². The van der Waals surface area contributed by atoms with E-state index in [2.05, 4.69) is 4.98 Å². The standard InChI is InChI=1S/C10H5Cl2NOS/c11-8-2-1-6(5-13-8)9(14)7-3-4-15-10(7)12/h1-5H. The first-order chi connectivity index (χ1) is 7.18. The molecular weight excluding hydrogens is 253 g/mol. The highest BCUT2D eigenvalue weighted by molar-refractivity contribution is 7.14. The smallest absolute Gasteiger partial charge is 0.196 e. The van der Waals surface area contributed by atoms with Gasteiger partial charge in [0.05, 0.1) is 5.56 Å². The van der Waals surface area contributed by atoms with Crippen molar-refractivity contribution in [1.29, 1.82) is 0 Å². The van der Waals surface area contributed by atoms with E-state index in [0.717, 1.165) is 0 Å². The molecule has 0 bridgehead atoms. The van der Waals surface area contributed by atoms with Gasteiger partial charge in [-0.2, -0.15) is 0 Å². The minimum Gasteiger partial charge on any atom is -0.288 e. The van der Waals surface area contributed by atoms with Gasteiger partial charge in [-0.15, -0.1) is 11.3 Å². The van der Waals surface area contributed by atoms with E-state index in [9.17, 15) is 4.79 Å². The number of aromatic nitrogens is 1. The van der Waals surface area contributed by atoms with Crippen LogP contribution in [-0.4, -0.2) is 10.8 Å². The number of halogens is 2. The van der Waals surface area contributed by atoms with Gasteiger partial charge in [0.25, 0.3) is 0 Å². The minimum atomic E-state index is -0.134. The second-order valence-electron chi connectivity index (χ2n) is 2.81. The van der Waals surface area contributed by atoms with Crippen LogP contribution < -0.4 is 0 Å². The number of thiophene rings is 1. The summed E-state index contributed by atoms with van der Waals surface area (Å²) < 4.78 is 0.495. The summed E-state index contributed by atoms with van der Waals surface area (Å²) >= 11 is 12.8. The van der Waals surface area contributed by atoms with Gasteiger partial charge in [0.15, 0.2) is 5.78 Å². The quantitative estimate of drug-likeness (QED) is 0.607. The van der Waals surface area contributed by atoms with E-state index in [4.69, 9.17) is 23.2 Å². The first-order valence-corrected chi connectivity index (χ1v) is 5.71. The molecule has 0 saturated carbocycles. The molecule has 2 aromatic rings. The van der Waals surface area contributed by atoms with Gasteiger partial charge in [-0.05, 0) is 23.6 Å². The first-order valence-electron chi connectivity index (χ1n) is 4.08. The zero-order valence-electron chi connectivity index (χ0n) is 7.41. The molecule has 2 rings (SSSR count). The lowest BCUT2D eigenvalue weighted by Crippen LogP contribution is -2.00. The van der Waals surface area contributed by atoms with E-state index in [-0.39, 0.29) is 5.78 Å². The maximum atomic E-state index is 11.9. The minimum absolute atomic E-state index is 0.134. The van der Waals surface area contributed by atoms with Crippen LogP contribution in [0.1, 0.15) is 15.9 Å². The summed E-state index contributed by atoms with van der Waals surface area (Å²) in [5.74, 6) is -0.134. The molecule has 0 radical (unpaired) electrons. The normalized spacial score (nSPS) is 10.3. The Morgan fingerprint density at radius 1 is 1.27 bits per heavy atom. The lowest BCUT2D eigenvalue weighted by atomic mass is 10.1. The van der Waals surface area contributed by atoms with E-state index in [1.165, 1.54) is 17.5 Å². The Morgan fingerprint density at radius 2 is 2.07 bits per heavy atom. The number of carbonyl (C=O) groups is 1. The van der Waals surface area contributed by atoms with Crippen molar-refractivity contribution in [3.05, 3.63) is 50.4 Å². The second-order valence-corrected chi connectivity index (χ2v) is 4.71. The maximum absolute atomic E-state index is 11.9. The third-order valence-electron chi connectivity index (χ3n) is 1.85. The van der Waals surface area contributed by atoms with Gasteiger partial charge in [-0.3, -0.25) is 4.79 Å². The fourth-order valence-electron chi connectivity index (χ4n) is 1.12. The number of ketones is 1. The summed E-state index contributed by atoms with van der Waals surface area (Å²) in [4.78, 5) is 15.7. The third-order valence-corrected chi connectivity index (χ3v) is 3.25. The monoisotopic (exact) mass is 257 g/mol. The summed E-state index contributed by atoms with van der Waals surface area (Å²) in [5, 5.41) is 2.14. The summed E-state index contributed by atoms with van der Waals surface area (Å²) in [6.07, 6.45) is 1.44. The molecule has 5 heteroatoms. The van der Waals surface area contributed by atoms with Gasteiger partial charge in [0.1, 0.15) is 9.49 Å². The van der Waals surface area contributed by atoms with Crippen LogP contribution in [0.25, 0.3) is 0 Å². The Hall–Kier alpha value is -0.900. The molecule has 0 spiro atoms. The third kappa shape index (κ3) is 2.20. The lowest BCUT2D eigenvalue weighted by molar-refractivity contribution is 0.103. The number of pyridine rings is 1. The largest absolute Gasteiger partial charge is 0.288 e. The molecule has 0 aliphatic rings. The number of hydrogen-bond acceptors (Lipinski definition) is 3. The average Bonchev–Trinajstić information content (AvgIpc) is 2.65. The zero-order chi connectivity index (χ0) is 10.8. The van der Waals surface area contributed by atoms with Gasteiger partial charge in [-0.25, -0.2) is 4.98 Å². The maximum Gasteiger partial charge on any atom is 0.196 e. The second kappa shape index (κ2) is 4.31. The highest BCUT2D eigenvalue weighted by Crippen LogP contribution is 2.25. The molecule has 2 aromatic heterocycles. The van der Waals surface area contributed by atoms with Crippen LogP contribution in [0.15, 0.2) is 29.8 Å². The summed E-state index contributed by atoms with van der Waals surface area (Å²) in [7, 11) is 0. The molecule has 2 nitrogen and oxygen atoms in total. The average molecular weight is 258 g/mol. The van der Waals surface area contributed by atoms with Crippen molar-refractivity contribution in [2.24, 2.45) is 0 Å². The van der Waals surface area contributed by atoms with Gasteiger partial charge in [0, 0.05) is 11.8 Å². The molecule has 0 aromatic carbocycles. The molecule has 0 amide bonds. The first kappa shape index (κ1) is 10.6. The van der Waals surface area contributed by atoms with Crippen molar-refractivity contribution < 1.29 is 4.79 Å².